The molecule has 2 heterocycles. The molecule has 100 valence electrons. The Morgan fingerprint density at radius 3 is 3.16 bits per heavy atom. The van der Waals surface area contributed by atoms with Crippen molar-refractivity contribution in [3.05, 3.63) is 36.0 Å². The van der Waals surface area contributed by atoms with Crippen LogP contribution in [0.25, 0.3) is 10.9 Å². The number of hydrogen-bond donors (Lipinski definition) is 2. The Balaban J connectivity index is 1.84. The molecule has 0 spiro atoms. The average molecular weight is 257 g/mol. The van der Waals surface area contributed by atoms with Crippen molar-refractivity contribution < 1.29 is 4.79 Å². The lowest BCUT2D eigenvalue weighted by Crippen LogP contribution is -2.33. The monoisotopic (exact) mass is 257 g/mol. The summed E-state index contributed by atoms with van der Waals surface area (Å²) < 4.78 is 0. The Labute approximate surface area is 112 Å². The van der Waals surface area contributed by atoms with E-state index in [-0.39, 0.29) is 11.9 Å². The molecule has 0 saturated carbocycles. The smallest absolute Gasteiger partial charge is 0.221 e. The summed E-state index contributed by atoms with van der Waals surface area (Å²) in [7, 11) is 0. The van der Waals surface area contributed by atoms with Gasteiger partial charge in [-0.3, -0.25) is 9.69 Å². The number of nitrogens with one attached hydrogen (secondary N) is 2. The lowest BCUT2D eigenvalue weighted by atomic mass is 10.1. The van der Waals surface area contributed by atoms with E-state index in [2.05, 4.69) is 46.4 Å². The summed E-state index contributed by atoms with van der Waals surface area (Å²) in [6.45, 7) is 4.67. The van der Waals surface area contributed by atoms with Crippen molar-refractivity contribution >= 4 is 16.8 Å². The SMILES string of the molecule is CC1CC(=O)NCCN1Cc1cccc2[nH]ccc12. The number of H-pyrrole nitrogens is 1. The van der Waals surface area contributed by atoms with Gasteiger partial charge in [0.2, 0.25) is 5.91 Å². The molecule has 0 radical (unpaired) electrons. The van der Waals surface area contributed by atoms with Crippen LogP contribution in [-0.2, 0) is 11.3 Å². The molecule has 1 unspecified atom stereocenters. The Morgan fingerprint density at radius 1 is 1.37 bits per heavy atom. The highest BCUT2D eigenvalue weighted by Crippen LogP contribution is 2.20. The van der Waals surface area contributed by atoms with E-state index in [1.807, 2.05) is 6.20 Å². The number of fused-ring (bicyclic) bond motifs is 1. The Hall–Kier alpha value is -1.81. The predicted molar refractivity (Wildman–Crippen MR) is 75.8 cm³/mol. The molecule has 1 fully saturated rings. The maximum Gasteiger partial charge on any atom is 0.221 e. The lowest BCUT2D eigenvalue weighted by molar-refractivity contribution is -0.121. The summed E-state index contributed by atoms with van der Waals surface area (Å²) >= 11 is 0. The molecule has 1 aliphatic rings. The molecule has 2 N–H and O–H groups in total. The highest BCUT2D eigenvalue weighted by Gasteiger charge is 2.21. The number of aromatic amines is 1. The zero-order valence-electron chi connectivity index (χ0n) is 11.1. The highest BCUT2D eigenvalue weighted by atomic mass is 16.1. The summed E-state index contributed by atoms with van der Waals surface area (Å²) in [5, 5.41) is 4.21. The van der Waals surface area contributed by atoms with Crippen molar-refractivity contribution in [3.8, 4) is 0 Å². The van der Waals surface area contributed by atoms with E-state index < -0.39 is 0 Å². The van der Waals surface area contributed by atoms with E-state index in [4.69, 9.17) is 0 Å². The minimum Gasteiger partial charge on any atom is -0.361 e. The number of aromatic nitrogens is 1. The van der Waals surface area contributed by atoms with Gasteiger partial charge in [-0.1, -0.05) is 12.1 Å². The third-order valence-electron chi connectivity index (χ3n) is 3.88. The molecule has 0 aliphatic carbocycles. The molecule has 1 saturated heterocycles. The van der Waals surface area contributed by atoms with E-state index in [1.165, 1.54) is 16.5 Å². The van der Waals surface area contributed by atoms with Crippen LogP contribution in [0.15, 0.2) is 30.5 Å². The molecule has 1 aromatic carbocycles. The predicted octanol–water partition coefficient (Wildman–Crippen LogP) is 1.88. The van der Waals surface area contributed by atoms with E-state index in [0.29, 0.717) is 6.42 Å². The first-order valence-corrected chi connectivity index (χ1v) is 6.80. The first-order valence-electron chi connectivity index (χ1n) is 6.80. The molecule has 1 amide bonds. The zero-order chi connectivity index (χ0) is 13.2. The van der Waals surface area contributed by atoms with Gasteiger partial charge in [0.1, 0.15) is 0 Å². The van der Waals surface area contributed by atoms with Crippen LogP contribution in [0, 0.1) is 0 Å². The lowest BCUT2D eigenvalue weighted by Gasteiger charge is -2.26. The first-order chi connectivity index (χ1) is 9.24. The molecular weight excluding hydrogens is 238 g/mol. The zero-order valence-corrected chi connectivity index (χ0v) is 11.1. The maximum absolute atomic E-state index is 11.5. The summed E-state index contributed by atoms with van der Waals surface area (Å²) in [4.78, 5) is 17.1. The van der Waals surface area contributed by atoms with Crippen molar-refractivity contribution in [2.45, 2.75) is 25.9 Å². The Kier molecular flexibility index (Phi) is 3.25. The third-order valence-corrected chi connectivity index (χ3v) is 3.88. The second kappa shape index (κ2) is 5.05. The van der Waals surface area contributed by atoms with Crippen LogP contribution in [0.4, 0.5) is 0 Å². The van der Waals surface area contributed by atoms with Crippen molar-refractivity contribution in [2.24, 2.45) is 0 Å². The number of hydrogen-bond acceptors (Lipinski definition) is 2. The molecule has 2 aromatic rings. The molecule has 3 rings (SSSR count). The van der Waals surface area contributed by atoms with Crippen LogP contribution in [0.3, 0.4) is 0 Å². The van der Waals surface area contributed by atoms with Crippen molar-refractivity contribution in [3.63, 3.8) is 0 Å². The van der Waals surface area contributed by atoms with Gasteiger partial charge < -0.3 is 10.3 Å². The van der Waals surface area contributed by atoms with Gasteiger partial charge in [0.05, 0.1) is 0 Å². The van der Waals surface area contributed by atoms with Gasteiger partial charge in [0.25, 0.3) is 0 Å². The standard InChI is InChI=1S/C15H19N3O/c1-11-9-15(19)17-7-8-18(11)10-12-3-2-4-14-13(12)5-6-16-14/h2-6,11,16H,7-10H2,1H3,(H,17,19). The molecule has 1 aromatic heterocycles. The molecule has 19 heavy (non-hydrogen) atoms. The molecular formula is C15H19N3O. The van der Waals surface area contributed by atoms with Gasteiger partial charge in [-0.2, -0.15) is 0 Å². The number of rotatable bonds is 2. The minimum absolute atomic E-state index is 0.162. The van der Waals surface area contributed by atoms with E-state index >= 15 is 0 Å². The number of nitrogens with zero attached hydrogens (tertiary/aromatic N) is 1. The number of carbonyl (C=O) groups is 1. The molecule has 1 atom stereocenters. The van der Waals surface area contributed by atoms with Crippen LogP contribution in [-0.4, -0.2) is 34.9 Å². The largest absolute Gasteiger partial charge is 0.361 e. The minimum atomic E-state index is 0.162. The van der Waals surface area contributed by atoms with Crippen LogP contribution < -0.4 is 5.32 Å². The fourth-order valence-electron chi connectivity index (χ4n) is 2.77. The Morgan fingerprint density at radius 2 is 2.26 bits per heavy atom. The molecule has 4 nitrogen and oxygen atoms in total. The van der Waals surface area contributed by atoms with E-state index in [9.17, 15) is 4.79 Å². The van der Waals surface area contributed by atoms with Crippen LogP contribution in [0.2, 0.25) is 0 Å². The number of carbonyl (C=O) groups excluding carboxylic acids is 1. The van der Waals surface area contributed by atoms with Gasteiger partial charge in [0.15, 0.2) is 0 Å². The van der Waals surface area contributed by atoms with Gasteiger partial charge in [0, 0.05) is 49.2 Å². The van der Waals surface area contributed by atoms with Crippen molar-refractivity contribution in [2.75, 3.05) is 13.1 Å². The summed E-state index contributed by atoms with van der Waals surface area (Å²) in [5.41, 5.74) is 2.49. The Bertz CT molecular complexity index is 590. The van der Waals surface area contributed by atoms with Gasteiger partial charge in [-0.15, -0.1) is 0 Å². The summed E-state index contributed by atoms with van der Waals surface area (Å²) in [5.74, 6) is 0.162. The van der Waals surface area contributed by atoms with Gasteiger partial charge >= 0.3 is 0 Å². The summed E-state index contributed by atoms with van der Waals surface area (Å²) in [6.07, 6.45) is 2.56. The van der Waals surface area contributed by atoms with Gasteiger partial charge in [-0.05, 0) is 24.6 Å². The average Bonchev–Trinajstić information content (AvgIpc) is 2.80. The maximum atomic E-state index is 11.5. The molecule has 1 aliphatic heterocycles. The molecule has 4 heteroatoms. The number of benzene rings is 1. The molecule has 0 bridgehead atoms. The van der Waals surface area contributed by atoms with Crippen molar-refractivity contribution in [1.82, 2.24) is 15.2 Å². The second-order valence-corrected chi connectivity index (χ2v) is 5.23. The fraction of sp³-hybridized carbons (Fsp3) is 0.400. The topological polar surface area (TPSA) is 48.1 Å². The van der Waals surface area contributed by atoms with Crippen LogP contribution in [0.5, 0.6) is 0 Å². The first kappa shape index (κ1) is 12.2. The van der Waals surface area contributed by atoms with Crippen LogP contribution >= 0.6 is 0 Å². The van der Waals surface area contributed by atoms with Crippen LogP contribution in [0.1, 0.15) is 18.9 Å². The fourth-order valence-corrected chi connectivity index (χ4v) is 2.77. The third kappa shape index (κ3) is 2.49. The van der Waals surface area contributed by atoms with E-state index in [0.717, 1.165) is 19.6 Å². The second-order valence-electron chi connectivity index (χ2n) is 5.23. The quantitative estimate of drug-likeness (QED) is 0.863. The summed E-state index contributed by atoms with van der Waals surface area (Å²) in [6, 6.07) is 8.76. The number of amides is 1. The highest BCUT2D eigenvalue weighted by molar-refractivity contribution is 5.82. The van der Waals surface area contributed by atoms with Gasteiger partial charge in [-0.25, -0.2) is 0 Å². The normalized spacial score (nSPS) is 21.3. The van der Waals surface area contributed by atoms with Crippen molar-refractivity contribution in [1.29, 1.82) is 0 Å². The van der Waals surface area contributed by atoms with E-state index in [1.54, 1.807) is 0 Å².